The predicted octanol–water partition coefficient (Wildman–Crippen LogP) is 3.12. The van der Waals surface area contributed by atoms with Gasteiger partial charge in [0.25, 0.3) is 0 Å². The molecule has 1 atom stereocenters. The molecule has 20 heavy (non-hydrogen) atoms. The van der Waals surface area contributed by atoms with Gasteiger partial charge in [0.2, 0.25) is 5.88 Å². The molecule has 4 heteroatoms. The summed E-state index contributed by atoms with van der Waals surface area (Å²) in [6.07, 6.45) is 3.80. The lowest BCUT2D eigenvalue weighted by atomic mass is 9.91. The highest BCUT2D eigenvalue weighted by Crippen LogP contribution is 2.29. The lowest BCUT2D eigenvalue weighted by molar-refractivity contribution is 0.347. The SMILES string of the molecule is CN1CCCC(c2ccc(-c3cc(N)on3)cc2)CC1. The zero-order valence-corrected chi connectivity index (χ0v) is 11.9. The van der Waals surface area contributed by atoms with E-state index >= 15 is 0 Å². The topological polar surface area (TPSA) is 55.3 Å². The molecule has 1 unspecified atom stereocenters. The van der Waals surface area contributed by atoms with Gasteiger partial charge in [-0.2, -0.15) is 0 Å². The summed E-state index contributed by atoms with van der Waals surface area (Å²) in [5, 5.41) is 3.95. The van der Waals surface area contributed by atoms with Crippen molar-refractivity contribution in [1.29, 1.82) is 0 Å². The molecule has 1 aliphatic heterocycles. The quantitative estimate of drug-likeness (QED) is 0.911. The molecule has 2 heterocycles. The van der Waals surface area contributed by atoms with E-state index in [4.69, 9.17) is 10.3 Å². The van der Waals surface area contributed by atoms with Gasteiger partial charge in [-0.05, 0) is 50.9 Å². The van der Waals surface area contributed by atoms with Gasteiger partial charge in [0.05, 0.1) is 0 Å². The first-order valence-corrected chi connectivity index (χ1v) is 7.23. The number of anilines is 1. The highest BCUT2D eigenvalue weighted by atomic mass is 16.5. The van der Waals surface area contributed by atoms with Crippen LogP contribution >= 0.6 is 0 Å². The van der Waals surface area contributed by atoms with E-state index in [9.17, 15) is 0 Å². The fraction of sp³-hybridized carbons (Fsp3) is 0.438. The number of hydrogen-bond donors (Lipinski definition) is 1. The van der Waals surface area contributed by atoms with Gasteiger partial charge in [-0.1, -0.05) is 29.4 Å². The Morgan fingerprint density at radius 1 is 1.20 bits per heavy atom. The summed E-state index contributed by atoms with van der Waals surface area (Å²) in [4.78, 5) is 2.42. The highest BCUT2D eigenvalue weighted by molar-refractivity contribution is 5.61. The molecule has 3 rings (SSSR count). The van der Waals surface area contributed by atoms with Crippen LogP contribution in [0.25, 0.3) is 11.3 Å². The average molecular weight is 271 g/mol. The fourth-order valence-electron chi connectivity index (χ4n) is 2.92. The molecule has 1 aromatic carbocycles. The zero-order valence-electron chi connectivity index (χ0n) is 11.9. The van der Waals surface area contributed by atoms with Crippen molar-refractivity contribution in [2.24, 2.45) is 0 Å². The average Bonchev–Trinajstić information content (AvgIpc) is 2.77. The molecule has 1 aliphatic rings. The van der Waals surface area contributed by atoms with Gasteiger partial charge >= 0.3 is 0 Å². The Bertz CT molecular complexity index is 561. The van der Waals surface area contributed by atoms with Gasteiger partial charge in [-0.25, -0.2) is 0 Å². The Morgan fingerprint density at radius 3 is 2.70 bits per heavy atom. The van der Waals surface area contributed by atoms with Crippen LogP contribution in [-0.2, 0) is 0 Å². The number of nitrogens with two attached hydrogens (primary N) is 1. The summed E-state index contributed by atoms with van der Waals surface area (Å²) in [5.74, 6) is 1.03. The number of likely N-dealkylation sites (tertiary alicyclic amines) is 1. The van der Waals surface area contributed by atoms with Gasteiger partial charge in [-0.15, -0.1) is 0 Å². The van der Waals surface area contributed by atoms with Crippen molar-refractivity contribution >= 4 is 5.88 Å². The molecule has 0 amide bonds. The standard InChI is InChI=1S/C16H21N3O/c1-19-9-2-3-12(8-10-19)13-4-6-14(7-5-13)15-11-16(17)20-18-15/h4-7,11-12H,2-3,8-10,17H2,1H3. The maximum absolute atomic E-state index is 5.56. The monoisotopic (exact) mass is 271 g/mol. The number of benzene rings is 1. The second-order valence-corrected chi connectivity index (χ2v) is 5.67. The second kappa shape index (κ2) is 5.67. The molecule has 4 nitrogen and oxygen atoms in total. The molecule has 0 radical (unpaired) electrons. The molecule has 0 aliphatic carbocycles. The highest BCUT2D eigenvalue weighted by Gasteiger charge is 2.16. The second-order valence-electron chi connectivity index (χ2n) is 5.67. The zero-order chi connectivity index (χ0) is 13.9. The molecule has 1 aromatic heterocycles. The van der Waals surface area contributed by atoms with Crippen LogP contribution in [0.4, 0.5) is 5.88 Å². The van der Waals surface area contributed by atoms with E-state index in [1.165, 1.54) is 37.9 Å². The van der Waals surface area contributed by atoms with Crippen LogP contribution in [-0.4, -0.2) is 30.2 Å². The van der Waals surface area contributed by atoms with E-state index in [1.807, 2.05) is 0 Å². The molecular weight excluding hydrogens is 250 g/mol. The summed E-state index contributed by atoms with van der Waals surface area (Å²) in [5.41, 5.74) is 8.85. The summed E-state index contributed by atoms with van der Waals surface area (Å²) in [6, 6.07) is 10.4. The maximum Gasteiger partial charge on any atom is 0.222 e. The number of nitrogens with zero attached hydrogens (tertiary/aromatic N) is 2. The first-order valence-electron chi connectivity index (χ1n) is 7.23. The van der Waals surface area contributed by atoms with Gasteiger partial charge in [0.15, 0.2) is 0 Å². The van der Waals surface area contributed by atoms with E-state index in [1.54, 1.807) is 6.07 Å². The van der Waals surface area contributed by atoms with Crippen molar-refractivity contribution in [3.63, 3.8) is 0 Å². The summed E-state index contributed by atoms with van der Waals surface area (Å²) in [6.45, 7) is 2.40. The predicted molar refractivity (Wildman–Crippen MR) is 80.4 cm³/mol. The van der Waals surface area contributed by atoms with Crippen LogP contribution in [0.15, 0.2) is 34.9 Å². The molecule has 2 aromatic rings. The molecule has 106 valence electrons. The van der Waals surface area contributed by atoms with Crippen molar-refractivity contribution in [2.45, 2.75) is 25.2 Å². The van der Waals surface area contributed by atoms with Crippen LogP contribution in [0.3, 0.4) is 0 Å². The largest absolute Gasteiger partial charge is 0.368 e. The van der Waals surface area contributed by atoms with Gasteiger partial charge in [0, 0.05) is 11.6 Å². The molecular formula is C16H21N3O. The van der Waals surface area contributed by atoms with Gasteiger partial charge in [0.1, 0.15) is 5.69 Å². The van der Waals surface area contributed by atoms with Crippen LogP contribution in [0.2, 0.25) is 0 Å². The van der Waals surface area contributed by atoms with Crippen LogP contribution in [0.5, 0.6) is 0 Å². The summed E-state index contributed by atoms with van der Waals surface area (Å²) >= 11 is 0. The van der Waals surface area contributed by atoms with Crippen molar-refractivity contribution in [1.82, 2.24) is 10.1 Å². The Labute approximate surface area is 119 Å². The molecule has 0 saturated carbocycles. The van der Waals surface area contributed by atoms with Crippen molar-refractivity contribution in [3.05, 3.63) is 35.9 Å². The Morgan fingerprint density at radius 2 is 2.00 bits per heavy atom. The minimum atomic E-state index is 0.357. The Kier molecular flexibility index (Phi) is 3.74. The number of rotatable bonds is 2. The summed E-state index contributed by atoms with van der Waals surface area (Å²) in [7, 11) is 2.21. The van der Waals surface area contributed by atoms with Crippen molar-refractivity contribution < 1.29 is 4.52 Å². The number of nitrogen functional groups attached to an aromatic ring is 1. The maximum atomic E-state index is 5.56. The van der Waals surface area contributed by atoms with Gasteiger partial charge < -0.3 is 15.2 Å². The Balaban J connectivity index is 1.75. The first kappa shape index (κ1) is 13.2. The third-order valence-corrected chi connectivity index (χ3v) is 4.16. The first-order chi connectivity index (χ1) is 9.72. The molecule has 1 saturated heterocycles. The van der Waals surface area contributed by atoms with Crippen LogP contribution in [0, 0.1) is 0 Å². The third kappa shape index (κ3) is 2.85. The smallest absolute Gasteiger partial charge is 0.222 e. The minimum Gasteiger partial charge on any atom is -0.368 e. The fourth-order valence-corrected chi connectivity index (χ4v) is 2.92. The molecule has 2 N–H and O–H groups in total. The molecule has 0 bridgehead atoms. The molecule has 1 fully saturated rings. The van der Waals surface area contributed by atoms with Crippen LogP contribution < -0.4 is 5.73 Å². The van der Waals surface area contributed by atoms with E-state index in [0.717, 1.165) is 11.3 Å². The van der Waals surface area contributed by atoms with Crippen LogP contribution in [0.1, 0.15) is 30.7 Å². The summed E-state index contributed by atoms with van der Waals surface area (Å²) < 4.78 is 4.92. The normalized spacial score (nSPS) is 20.8. The van der Waals surface area contributed by atoms with E-state index < -0.39 is 0 Å². The number of aromatic nitrogens is 1. The van der Waals surface area contributed by atoms with Crippen molar-refractivity contribution in [2.75, 3.05) is 25.9 Å². The Hall–Kier alpha value is -1.81. The van der Waals surface area contributed by atoms with E-state index in [0.29, 0.717) is 11.8 Å². The van der Waals surface area contributed by atoms with Crippen molar-refractivity contribution in [3.8, 4) is 11.3 Å². The lowest BCUT2D eigenvalue weighted by Crippen LogP contribution is -2.18. The third-order valence-electron chi connectivity index (χ3n) is 4.16. The van der Waals surface area contributed by atoms with E-state index in [-0.39, 0.29) is 0 Å². The lowest BCUT2D eigenvalue weighted by Gasteiger charge is -2.15. The van der Waals surface area contributed by atoms with Gasteiger partial charge in [-0.3, -0.25) is 0 Å². The molecule has 0 spiro atoms. The minimum absolute atomic E-state index is 0.357. The van der Waals surface area contributed by atoms with E-state index in [2.05, 4.69) is 41.4 Å². The number of hydrogen-bond acceptors (Lipinski definition) is 4.